The fourth-order valence-electron chi connectivity index (χ4n) is 1.97. The van der Waals surface area contributed by atoms with E-state index in [0.29, 0.717) is 29.6 Å². The largest absolute Gasteiger partial charge is 0.461 e. The van der Waals surface area contributed by atoms with Gasteiger partial charge in [0, 0.05) is 0 Å². The van der Waals surface area contributed by atoms with Crippen LogP contribution in [0.2, 0.25) is 0 Å². The molecule has 0 aliphatic heterocycles. The zero-order valence-electron chi connectivity index (χ0n) is 11.7. The molecule has 114 valence electrons. The Balaban J connectivity index is 1.85. The van der Waals surface area contributed by atoms with Crippen molar-refractivity contribution >= 4 is 15.7 Å². The molecule has 0 amide bonds. The van der Waals surface area contributed by atoms with Crippen molar-refractivity contribution in [3.8, 4) is 11.6 Å². The second kappa shape index (κ2) is 5.64. The van der Waals surface area contributed by atoms with Gasteiger partial charge >= 0.3 is 0 Å². The molecule has 3 rings (SSSR count). The fourth-order valence-corrected chi connectivity index (χ4v) is 2.57. The summed E-state index contributed by atoms with van der Waals surface area (Å²) in [5.41, 5.74) is 1.23. The van der Waals surface area contributed by atoms with E-state index in [9.17, 15) is 8.42 Å². The summed E-state index contributed by atoms with van der Waals surface area (Å²) in [6, 6.07) is 10.5. The molecule has 2 aromatic heterocycles. The Morgan fingerprint density at radius 2 is 2.00 bits per heavy atom. The predicted molar refractivity (Wildman–Crippen MR) is 79.7 cm³/mol. The molecule has 7 nitrogen and oxygen atoms in total. The van der Waals surface area contributed by atoms with Crippen LogP contribution >= 0.6 is 0 Å². The first-order valence-electron chi connectivity index (χ1n) is 6.43. The molecule has 0 radical (unpaired) electrons. The average Bonchev–Trinajstić information content (AvgIpc) is 3.10. The number of sulfonamides is 1. The normalized spacial score (nSPS) is 11.5. The monoisotopic (exact) mass is 319 g/mol. The van der Waals surface area contributed by atoms with Crippen LogP contribution in [0.5, 0.6) is 0 Å². The molecule has 0 aliphatic rings. The van der Waals surface area contributed by atoms with Gasteiger partial charge in [0.25, 0.3) is 0 Å². The van der Waals surface area contributed by atoms with Gasteiger partial charge in [-0.25, -0.2) is 8.42 Å². The lowest BCUT2D eigenvalue weighted by molar-refractivity contribution is 0.384. The summed E-state index contributed by atoms with van der Waals surface area (Å²) in [4.78, 5) is 4.24. The van der Waals surface area contributed by atoms with Gasteiger partial charge in [-0.3, -0.25) is 4.72 Å². The quantitative estimate of drug-likeness (QED) is 0.774. The maximum atomic E-state index is 11.4. The summed E-state index contributed by atoms with van der Waals surface area (Å²) >= 11 is 0. The second-order valence-electron chi connectivity index (χ2n) is 4.70. The first-order chi connectivity index (χ1) is 10.5. The molecule has 0 saturated carbocycles. The zero-order valence-corrected chi connectivity index (χ0v) is 12.5. The highest BCUT2D eigenvalue weighted by Crippen LogP contribution is 2.21. The molecule has 2 heterocycles. The minimum absolute atomic E-state index is 0.312. The molecule has 0 unspecified atom stereocenters. The van der Waals surface area contributed by atoms with Crippen LogP contribution in [0.3, 0.4) is 0 Å². The van der Waals surface area contributed by atoms with Gasteiger partial charge in [-0.1, -0.05) is 23.4 Å². The van der Waals surface area contributed by atoms with E-state index < -0.39 is 10.0 Å². The number of hydrogen-bond donors (Lipinski definition) is 1. The van der Waals surface area contributed by atoms with Gasteiger partial charge in [0.1, 0.15) is 0 Å². The van der Waals surface area contributed by atoms with Crippen molar-refractivity contribution in [2.45, 2.75) is 6.42 Å². The molecule has 0 saturated heterocycles. The summed E-state index contributed by atoms with van der Waals surface area (Å²) in [6.45, 7) is 0. The van der Waals surface area contributed by atoms with Crippen molar-refractivity contribution in [3.05, 3.63) is 54.1 Å². The molecule has 1 aromatic carbocycles. The third-order valence-corrected chi connectivity index (χ3v) is 3.45. The Labute approximate surface area is 127 Å². The number of benzene rings is 1. The van der Waals surface area contributed by atoms with Crippen molar-refractivity contribution in [1.29, 1.82) is 0 Å². The number of nitrogens with one attached hydrogen (secondary N) is 1. The lowest BCUT2D eigenvalue weighted by Crippen LogP contribution is -2.11. The Bertz CT molecular complexity index is 869. The first kappa shape index (κ1) is 14.3. The molecule has 8 heteroatoms. The van der Waals surface area contributed by atoms with E-state index in [1.807, 2.05) is 6.07 Å². The van der Waals surface area contributed by atoms with Crippen LogP contribution in [0.25, 0.3) is 11.6 Å². The number of para-hydroxylation sites is 1. The Kier molecular flexibility index (Phi) is 3.68. The minimum Gasteiger partial charge on any atom is -0.461 e. The summed E-state index contributed by atoms with van der Waals surface area (Å²) < 4.78 is 35.6. The van der Waals surface area contributed by atoms with Crippen molar-refractivity contribution in [3.63, 3.8) is 0 Å². The maximum absolute atomic E-state index is 11.4. The van der Waals surface area contributed by atoms with E-state index in [-0.39, 0.29) is 0 Å². The predicted octanol–water partition coefficient (Wildman–Crippen LogP) is 2.29. The van der Waals surface area contributed by atoms with Crippen LogP contribution in [-0.2, 0) is 16.4 Å². The molecular formula is C14H13N3O4S. The van der Waals surface area contributed by atoms with Crippen LogP contribution in [0.4, 0.5) is 5.69 Å². The van der Waals surface area contributed by atoms with Crippen molar-refractivity contribution in [2.24, 2.45) is 0 Å². The molecule has 3 aromatic rings. The fraction of sp³-hybridized carbons (Fsp3) is 0.143. The number of rotatable bonds is 5. The third-order valence-electron chi connectivity index (χ3n) is 2.86. The summed E-state index contributed by atoms with van der Waals surface area (Å²) in [5.74, 6) is 1.24. The van der Waals surface area contributed by atoms with Crippen molar-refractivity contribution in [2.75, 3.05) is 11.0 Å². The molecule has 0 aliphatic carbocycles. The summed E-state index contributed by atoms with van der Waals surface area (Å²) in [6.07, 6.45) is 2.94. The van der Waals surface area contributed by atoms with Crippen LogP contribution in [-0.4, -0.2) is 24.8 Å². The second-order valence-corrected chi connectivity index (χ2v) is 6.45. The molecular weight excluding hydrogens is 306 g/mol. The third kappa shape index (κ3) is 3.34. The van der Waals surface area contributed by atoms with Crippen molar-refractivity contribution < 1.29 is 17.4 Å². The highest BCUT2D eigenvalue weighted by atomic mass is 32.2. The van der Waals surface area contributed by atoms with Gasteiger partial charge in [-0.2, -0.15) is 4.98 Å². The first-order valence-corrected chi connectivity index (χ1v) is 8.32. The highest BCUT2D eigenvalue weighted by molar-refractivity contribution is 7.92. The Hall–Kier alpha value is -2.61. The standard InChI is InChI=1S/C14H13N3O4S/c1-22(18,19)17-11-6-3-2-5-10(11)9-13-15-14(16-21-13)12-7-4-8-20-12/h2-8,17H,9H2,1H3. The summed E-state index contributed by atoms with van der Waals surface area (Å²) in [7, 11) is -3.35. The Morgan fingerprint density at radius 3 is 2.73 bits per heavy atom. The number of nitrogens with zero attached hydrogens (tertiary/aromatic N) is 2. The van der Waals surface area contributed by atoms with Gasteiger partial charge in [-0.05, 0) is 23.8 Å². The molecule has 0 bridgehead atoms. The van der Waals surface area contributed by atoms with Gasteiger partial charge in [0.15, 0.2) is 5.76 Å². The van der Waals surface area contributed by atoms with Gasteiger partial charge in [-0.15, -0.1) is 0 Å². The topological polar surface area (TPSA) is 98.2 Å². The van der Waals surface area contributed by atoms with E-state index in [1.54, 1.807) is 30.3 Å². The smallest absolute Gasteiger partial charge is 0.238 e. The number of hydrogen-bond acceptors (Lipinski definition) is 6. The van der Waals surface area contributed by atoms with Crippen LogP contribution in [0.15, 0.2) is 51.6 Å². The minimum atomic E-state index is -3.35. The average molecular weight is 319 g/mol. The number of aromatic nitrogens is 2. The van der Waals surface area contributed by atoms with E-state index in [1.165, 1.54) is 6.26 Å². The molecule has 0 fully saturated rings. The Morgan fingerprint density at radius 1 is 1.18 bits per heavy atom. The molecule has 0 spiro atoms. The van der Waals surface area contributed by atoms with E-state index in [4.69, 9.17) is 8.94 Å². The number of anilines is 1. The SMILES string of the molecule is CS(=O)(=O)Nc1ccccc1Cc1nc(-c2ccco2)no1. The lowest BCUT2D eigenvalue weighted by Gasteiger charge is -2.08. The van der Waals surface area contributed by atoms with Gasteiger partial charge < -0.3 is 8.94 Å². The van der Waals surface area contributed by atoms with Crippen molar-refractivity contribution in [1.82, 2.24) is 10.1 Å². The maximum Gasteiger partial charge on any atom is 0.238 e. The molecule has 1 N–H and O–H groups in total. The van der Waals surface area contributed by atoms with Crippen LogP contribution in [0, 0.1) is 0 Å². The van der Waals surface area contributed by atoms with Crippen LogP contribution < -0.4 is 4.72 Å². The van der Waals surface area contributed by atoms with Gasteiger partial charge in [0.2, 0.25) is 21.7 Å². The molecule has 22 heavy (non-hydrogen) atoms. The van der Waals surface area contributed by atoms with E-state index in [0.717, 1.165) is 11.8 Å². The zero-order chi connectivity index (χ0) is 15.6. The highest BCUT2D eigenvalue weighted by Gasteiger charge is 2.14. The lowest BCUT2D eigenvalue weighted by atomic mass is 10.1. The number of furan rings is 1. The van der Waals surface area contributed by atoms with E-state index >= 15 is 0 Å². The van der Waals surface area contributed by atoms with Gasteiger partial charge in [0.05, 0.1) is 24.6 Å². The van der Waals surface area contributed by atoms with E-state index in [2.05, 4.69) is 14.9 Å². The summed E-state index contributed by atoms with van der Waals surface area (Å²) in [5, 5.41) is 3.84. The van der Waals surface area contributed by atoms with Crippen LogP contribution in [0.1, 0.15) is 11.5 Å². The molecule has 0 atom stereocenters.